The van der Waals surface area contributed by atoms with Crippen molar-refractivity contribution >= 4 is 29.0 Å². The summed E-state index contributed by atoms with van der Waals surface area (Å²) in [5, 5.41) is 1.02. The van der Waals surface area contributed by atoms with Crippen LogP contribution in [-0.2, 0) is 13.0 Å². The molecule has 1 aromatic carbocycles. The summed E-state index contributed by atoms with van der Waals surface area (Å²) < 4.78 is 2.10. The van der Waals surface area contributed by atoms with Crippen molar-refractivity contribution in [1.82, 2.24) is 9.55 Å². The Morgan fingerprint density at radius 2 is 2.00 bits per heavy atom. The van der Waals surface area contributed by atoms with Gasteiger partial charge in [0, 0.05) is 18.5 Å². The van der Waals surface area contributed by atoms with E-state index >= 15 is 0 Å². The molecule has 2 rings (SSSR count). The van der Waals surface area contributed by atoms with Crippen LogP contribution in [0.5, 0.6) is 0 Å². The van der Waals surface area contributed by atoms with Crippen molar-refractivity contribution in [3.05, 3.63) is 34.1 Å². The quantitative estimate of drug-likeness (QED) is 0.836. The van der Waals surface area contributed by atoms with Crippen LogP contribution in [0.1, 0.15) is 33.0 Å². The first-order valence-corrected chi connectivity index (χ1v) is 8.00. The Balaban J connectivity index is 2.56. The highest BCUT2D eigenvalue weighted by Gasteiger charge is 2.19. The van der Waals surface area contributed by atoms with E-state index in [9.17, 15) is 0 Å². The molecule has 0 fully saturated rings. The van der Waals surface area contributed by atoms with Crippen molar-refractivity contribution in [3.8, 4) is 11.3 Å². The molecule has 0 aliphatic carbocycles. The molecule has 0 aliphatic rings. The third-order valence-electron chi connectivity index (χ3n) is 3.31. The zero-order chi connectivity index (χ0) is 15.6. The predicted molar refractivity (Wildman–Crippen MR) is 90.9 cm³/mol. The van der Waals surface area contributed by atoms with Gasteiger partial charge in [-0.15, -0.1) is 0 Å². The molecule has 1 heterocycles. The standard InChI is InChI=1S/C16H21Cl2N3/c1-4-6-13-20-15(16(19)21(13)9-10(2)3)11-7-5-8-12(17)14(11)18/h5,7-8,10H,4,6,9,19H2,1-3H3. The van der Waals surface area contributed by atoms with Gasteiger partial charge in [0.1, 0.15) is 17.3 Å². The maximum Gasteiger partial charge on any atom is 0.131 e. The smallest absolute Gasteiger partial charge is 0.131 e. The Labute approximate surface area is 136 Å². The Morgan fingerprint density at radius 3 is 2.62 bits per heavy atom. The molecular weight excluding hydrogens is 305 g/mol. The van der Waals surface area contributed by atoms with Crippen LogP contribution in [0.15, 0.2) is 18.2 Å². The molecule has 114 valence electrons. The van der Waals surface area contributed by atoms with Crippen molar-refractivity contribution in [3.63, 3.8) is 0 Å². The van der Waals surface area contributed by atoms with E-state index in [1.807, 2.05) is 12.1 Å². The number of anilines is 1. The normalized spacial score (nSPS) is 11.3. The second-order valence-corrected chi connectivity index (χ2v) is 6.40. The molecule has 0 aliphatic heterocycles. The lowest BCUT2D eigenvalue weighted by atomic mass is 10.1. The molecule has 0 bridgehead atoms. The molecule has 21 heavy (non-hydrogen) atoms. The van der Waals surface area contributed by atoms with E-state index in [-0.39, 0.29) is 0 Å². The number of nitrogen functional groups attached to an aromatic ring is 1. The lowest BCUT2D eigenvalue weighted by Gasteiger charge is -2.12. The number of hydrogen-bond donors (Lipinski definition) is 1. The van der Waals surface area contributed by atoms with Crippen molar-refractivity contribution in [2.45, 2.75) is 40.2 Å². The average molecular weight is 326 g/mol. The largest absolute Gasteiger partial charge is 0.383 e. The van der Waals surface area contributed by atoms with Gasteiger partial charge in [0.25, 0.3) is 0 Å². The molecule has 0 unspecified atom stereocenters. The van der Waals surface area contributed by atoms with Crippen molar-refractivity contribution in [2.24, 2.45) is 5.92 Å². The minimum Gasteiger partial charge on any atom is -0.383 e. The van der Waals surface area contributed by atoms with E-state index in [4.69, 9.17) is 33.9 Å². The summed E-state index contributed by atoms with van der Waals surface area (Å²) >= 11 is 12.4. The fourth-order valence-electron chi connectivity index (χ4n) is 2.38. The first-order chi connectivity index (χ1) is 9.95. The van der Waals surface area contributed by atoms with Gasteiger partial charge < -0.3 is 10.3 Å². The molecule has 0 spiro atoms. The molecule has 5 heteroatoms. The van der Waals surface area contributed by atoms with Crippen LogP contribution in [0.25, 0.3) is 11.3 Å². The number of aryl methyl sites for hydroxylation is 1. The van der Waals surface area contributed by atoms with Gasteiger partial charge in [-0.2, -0.15) is 0 Å². The summed E-state index contributed by atoms with van der Waals surface area (Å²) in [6.07, 6.45) is 1.92. The SMILES string of the molecule is CCCc1nc(-c2cccc(Cl)c2Cl)c(N)n1CC(C)C. The lowest BCUT2D eigenvalue weighted by Crippen LogP contribution is -2.11. The van der Waals surface area contributed by atoms with Gasteiger partial charge in [-0.25, -0.2) is 4.98 Å². The molecule has 1 aromatic heterocycles. The van der Waals surface area contributed by atoms with E-state index in [0.717, 1.165) is 36.5 Å². The number of hydrogen-bond acceptors (Lipinski definition) is 2. The fraction of sp³-hybridized carbons (Fsp3) is 0.438. The van der Waals surface area contributed by atoms with Gasteiger partial charge in [0.15, 0.2) is 0 Å². The average Bonchev–Trinajstić information content (AvgIpc) is 2.71. The van der Waals surface area contributed by atoms with Crippen molar-refractivity contribution in [2.75, 3.05) is 5.73 Å². The second-order valence-electron chi connectivity index (χ2n) is 5.62. The van der Waals surface area contributed by atoms with Crippen LogP contribution in [0.3, 0.4) is 0 Å². The topological polar surface area (TPSA) is 43.8 Å². The van der Waals surface area contributed by atoms with Crippen LogP contribution in [0, 0.1) is 5.92 Å². The Hall–Kier alpha value is -1.19. The number of benzene rings is 1. The Kier molecular flexibility index (Phi) is 5.17. The molecule has 0 atom stereocenters. The van der Waals surface area contributed by atoms with Gasteiger partial charge in [-0.3, -0.25) is 0 Å². The first-order valence-electron chi connectivity index (χ1n) is 7.24. The van der Waals surface area contributed by atoms with E-state index in [2.05, 4.69) is 25.3 Å². The highest BCUT2D eigenvalue weighted by molar-refractivity contribution is 6.43. The molecule has 2 N–H and O–H groups in total. The van der Waals surface area contributed by atoms with Gasteiger partial charge in [-0.1, -0.05) is 56.1 Å². The third-order valence-corrected chi connectivity index (χ3v) is 4.13. The maximum atomic E-state index is 6.33. The molecule has 3 nitrogen and oxygen atoms in total. The van der Waals surface area contributed by atoms with Crippen LogP contribution < -0.4 is 5.73 Å². The summed E-state index contributed by atoms with van der Waals surface area (Å²) in [7, 11) is 0. The molecule has 0 radical (unpaired) electrons. The summed E-state index contributed by atoms with van der Waals surface area (Å²) in [6, 6.07) is 5.54. The number of halogens is 2. The third kappa shape index (κ3) is 3.35. The van der Waals surface area contributed by atoms with Gasteiger partial charge in [-0.05, 0) is 18.4 Å². The minimum absolute atomic E-state index is 0.500. The lowest BCUT2D eigenvalue weighted by molar-refractivity contribution is 0.510. The number of nitrogens with two attached hydrogens (primary N) is 1. The number of aromatic nitrogens is 2. The van der Waals surface area contributed by atoms with Crippen LogP contribution in [-0.4, -0.2) is 9.55 Å². The molecule has 0 saturated heterocycles. The number of rotatable bonds is 5. The van der Waals surface area contributed by atoms with E-state index < -0.39 is 0 Å². The maximum absolute atomic E-state index is 6.33. The zero-order valence-corrected chi connectivity index (χ0v) is 14.2. The van der Waals surface area contributed by atoms with E-state index in [0.29, 0.717) is 21.8 Å². The van der Waals surface area contributed by atoms with Crippen LogP contribution >= 0.6 is 23.2 Å². The van der Waals surface area contributed by atoms with Crippen molar-refractivity contribution < 1.29 is 0 Å². The highest BCUT2D eigenvalue weighted by Crippen LogP contribution is 2.36. The minimum atomic E-state index is 0.500. The molecule has 2 aromatic rings. The van der Waals surface area contributed by atoms with Crippen LogP contribution in [0.4, 0.5) is 5.82 Å². The number of imidazole rings is 1. The Morgan fingerprint density at radius 1 is 1.29 bits per heavy atom. The highest BCUT2D eigenvalue weighted by atomic mass is 35.5. The Bertz CT molecular complexity index is 633. The molecule has 0 saturated carbocycles. The summed E-state index contributed by atoms with van der Waals surface area (Å²) in [5.41, 5.74) is 7.85. The van der Waals surface area contributed by atoms with Gasteiger partial charge in [0.2, 0.25) is 0 Å². The van der Waals surface area contributed by atoms with Crippen LogP contribution in [0.2, 0.25) is 10.0 Å². The predicted octanol–water partition coefficient (Wildman–Crippen LogP) is 5.05. The monoisotopic (exact) mass is 325 g/mol. The summed E-state index contributed by atoms with van der Waals surface area (Å²) in [6.45, 7) is 7.32. The zero-order valence-electron chi connectivity index (χ0n) is 12.7. The fourth-order valence-corrected chi connectivity index (χ4v) is 2.77. The van der Waals surface area contributed by atoms with E-state index in [1.165, 1.54) is 0 Å². The van der Waals surface area contributed by atoms with E-state index in [1.54, 1.807) is 6.07 Å². The molecule has 0 amide bonds. The van der Waals surface area contributed by atoms with Gasteiger partial charge in [0.05, 0.1) is 10.0 Å². The summed E-state index contributed by atoms with van der Waals surface area (Å²) in [5.74, 6) is 2.17. The molecular formula is C16H21Cl2N3. The summed E-state index contributed by atoms with van der Waals surface area (Å²) in [4.78, 5) is 4.72. The van der Waals surface area contributed by atoms with Crippen molar-refractivity contribution in [1.29, 1.82) is 0 Å². The second kappa shape index (κ2) is 6.71. The van der Waals surface area contributed by atoms with Gasteiger partial charge >= 0.3 is 0 Å². The number of nitrogens with zero attached hydrogens (tertiary/aromatic N) is 2. The first kappa shape index (κ1) is 16.2.